The highest BCUT2D eigenvalue weighted by Gasteiger charge is 2.21. The molecule has 1 rings (SSSR count). The highest BCUT2D eigenvalue weighted by molar-refractivity contribution is 4.79. The zero-order chi connectivity index (χ0) is 12.0. The van der Waals surface area contributed by atoms with E-state index in [4.69, 9.17) is 0 Å². The molecule has 1 aliphatic rings. The van der Waals surface area contributed by atoms with Gasteiger partial charge in [-0.3, -0.25) is 0 Å². The number of aliphatic hydroxyl groups excluding tert-OH is 1. The third-order valence-corrected chi connectivity index (χ3v) is 4.28. The second kappa shape index (κ2) is 7.29. The number of aliphatic hydroxyl groups is 1. The first kappa shape index (κ1) is 14.0. The fourth-order valence-electron chi connectivity index (χ4n) is 2.61. The largest absolute Gasteiger partial charge is 0.392 e. The Kier molecular flexibility index (Phi) is 6.37. The Morgan fingerprint density at radius 3 is 2.69 bits per heavy atom. The van der Waals surface area contributed by atoms with Crippen LogP contribution in [0.15, 0.2) is 0 Å². The van der Waals surface area contributed by atoms with Gasteiger partial charge in [-0.2, -0.15) is 0 Å². The quantitative estimate of drug-likeness (QED) is 0.731. The minimum atomic E-state index is -0.174. The fraction of sp³-hybridized carbons (Fsp3) is 1.00. The molecule has 0 aromatic carbocycles. The maximum atomic E-state index is 9.91. The van der Waals surface area contributed by atoms with Crippen LogP contribution >= 0.6 is 0 Å². The van der Waals surface area contributed by atoms with Gasteiger partial charge in [-0.15, -0.1) is 0 Å². The van der Waals surface area contributed by atoms with Gasteiger partial charge in [0, 0.05) is 12.6 Å². The Balaban J connectivity index is 2.21. The lowest BCUT2D eigenvalue weighted by molar-refractivity contribution is 0.105. The van der Waals surface area contributed by atoms with Crippen LogP contribution in [-0.2, 0) is 0 Å². The summed E-state index contributed by atoms with van der Waals surface area (Å²) in [6.45, 7) is 7.33. The van der Waals surface area contributed by atoms with Gasteiger partial charge < -0.3 is 10.4 Å². The molecule has 0 aromatic heterocycles. The van der Waals surface area contributed by atoms with E-state index in [1.807, 2.05) is 0 Å². The molecule has 0 spiro atoms. The van der Waals surface area contributed by atoms with Crippen LogP contribution in [0.2, 0.25) is 0 Å². The number of hydrogen-bond donors (Lipinski definition) is 2. The minimum absolute atomic E-state index is 0.174. The maximum absolute atomic E-state index is 9.91. The van der Waals surface area contributed by atoms with Gasteiger partial charge in [0.2, 0.25) is 0 Å². The van der Waals surface area contributed by atoms with Gasteiger partial charge in [-0.25, -0.2) is 0 Å². The molecule has 2 nitrogen and oxygen atoms in total. The van der Waals surface area contributed by atoms with Crippen molar-refractivity contribution in [2.24, 2.45) is 11.8 Å². The van der Waals surface area contributed by atoms with Gasteiger partial charge >= 0.3 is 0 Å². The Labute approximate surface area is 101 Å². The van der Waals surface area contributed by atoms with Crippen LogP contribution in [0.1, 0.15) is 59.3 Å². The van der Waals surface area contributed by atoms with E-state index in [0.29, 0.717) is 12.0 Å². The third kappa shape index (κ3) is 4.42. The van der Waals surface area contributed by atoms with Crippen molar-refractivity contribution in [2.45, 2.75) is 71.4 Å². The van der Waals surface area contributed by atoms with Crippen LogP contribution in [0.3, 0.4) is 0 Å². The molecule has 0 radical (unpaired) electrons. The second-order valence-corrected chi connectivity index (χ2v) is 5.50. The molecule has 1 aliphatic carbocycles. The summed E-state index contributed by atoms with van der Waals surface area (Å²) >= 11 is 0. The van der Waals surface area contributed by atoms with Crippen molar-refractivity contribution in [1.29, 1.82) is 0 Å². The summed E-state index contributed by atoms with van der Waals surface area (Å²) in [5.74, 6) is 1.32. The standard InChI is InChI=1S/C14H29NO/c1-4-11(3)14(16)10-15-13-8-6-7-12(5-2)9-13/h11-16H,4-10H2,1-3H3. The van der Waals surface area contributed by atoms with Crippen LogP contribution in [0.25, 0.3) is 0 Å². The van der Waals surface area contributed by atoms with E-state index in [1.165, 1.54) is 32.1 Å². The van der Waals surface area contributed by atoms with Crippen molar-refractivity contribution in [3.63, 3.8) is 0 Å². The molecule has 0 bridgehead atoms. The Morgan fingerprint density at radius 1 is 1.31 bits per heavy atom. The van der Waals surface area contributed by atoms with Crippen molar-refractivity contribution in [3.8, 4) is 0 Å². The summed E-state index contributed by atoms with van der Waals surface area (Å²) < 4.78 is 0. The van der Waals surface area contributed by atoms with E-state index in [9.17, 15) is 5.11 Å². The molecule has 0 aliphatic heterocycles. The summed E-state index contributed by atoms with van der Waals surface area (Å²) in [4.78, 5) is 0. The molecular formula is C14H29NO. The van der Waals surface area contributed by atoms with Crippen LogP contribution in [0.5, 0.6) is 0 Å². The Hall–Kier alpha value is -0.0800. The van der Waals surface area contributed by atoms with Crippen molar-refractivity contribution in [3.05, 3.63) is 0 Å². The van der Waals surface area contributed by atoms with Gasteiger partial charge in [0.25, 0.3) is 0 Å². The first-order chi connectivity index (χ1) is 7.67. The van der Waals surface area contributed by atoms with Crippen molar-refractivity contribution < 1.29 is 5.11 Å². The summed E-state index contributed by atoms with van der Waals surface area (Å²) in [6.07, 6.45) is 7.56. The molecule has 4 atom stereocenters. The Morgan fingerprint density at radius 2 is 2.06 bits per heavy atom. The van der Waals surface area contributed by atoms with Gasteiger partial charge in [0.1, 0.15) is 0 Å². The molecule has 2 N–H and O–H groups in total. The molecule has 96 valence electrons. The molecule has 2 heteroatoms. The Bertz CT molecular complexity index is 184. The van der Waals surface area contributed by atoms with Crippen LogP contribution in [0, 0.1) is 11.8 Å². The molecular weight excluding hydrogens is 198 g/mol. The predicted molar refractivity (Wildman–Crippen MR) is 69.5 cm³/mol. The van der Waals surface area contributed by atoms with Crippen LogP contribution < -0.4 is 5.32 Å². The first-order valence-electron chi connectivity index (χ1n) is 7.08. The van der Waals surface area contributed by atoms with Gasteiger partial charge in [-0.1, -0.05) is 46.5 Å². The zero-order valence-electron chi connectivity index (χ0n) is 11.2. The van der Waals surface area contributed by atoms with Crippen molar-refractivity contribution in [1.82, 2.24) is 5.32 Å². The van der Waals surface area contributed by atoms with Gasteiger partial charge in [0.15, 0.2) is 0 Å². The van der Waals surface area contributed by atoms with Crippen molar-refractivity contribution >= 4 is 0 Å². The maximum Gasteiger partial charge on any atom is 0.0690 e. The molecule has 16 heavy (non-hydrogen) atoms. The van der Waals surface area contributed by atoms with E-state index in [0.717, 1.165) is 18.9 Å². The second-order valence-electron chi connectivity index (χ2n) is 5.50. The highest BCUT2D eigenvalue weighted by atomic mass is 16.3. The smallest absolute Gasteiger partial charge is 0.0690 e. The fourth-order valence-corrected chi connectivity index (χ4v) is 2.61. The lowest BCUT2D eigenvalue weighted by Gasteiger charge is -2.30. The summed E-state index contributed by atoms with van der Waals surface area (Å²) in [6, 6.07) is 0.650. The zero-order valence-corrected chi connectivity index (χ0v) is 11.2. The number of nitrogens with one attached hydrogen (secondary N) is 1. The third-order valence-electron chi connectivity index (χ3n) is 4.28. The van der Waals surface area contributed by atoms with E-state index in [2.05, 4.69) is 26.1 Å². The topological polar surface area (TPSA) is 32.3 Å². The van der Waals surface area contributed by atoms with E-state index >= 15 is 0 Å². The van der Waals surface area contributed by atoms with Crippen LogP contribution in [0.4, 0.5) is 0 Å². The average Bonchev–Trinajstić information content (AvgIpc) is 2.35. The molecule has 0 heterocycles. The van der Waals surface area contributed by atoms with Crippen molar-refractivity contribution in [2.75, 3.05) is 6.54 Å². The average molecular weight is 227 g/mol. The van der Waals surface area contributed by atoms with Gasteiger partial charge in [0.05, 0.1) is 6.10 Å². The lowest BCUT2D eigenvalue weighted by atomic mass is 9.84. The SMILES string of the molecule is CCC1CCCC(NCC(O)C(C)CC)C1. The molecule has 1 saturated carbocycles. The molecule has 1 fully saturated rings. The predicted octanol–water partition coefficient (Wildman–Crippen LogP) is 2.95. The normalized spacial score (nSPS) is 30.0. The molecule has 0 aromatic rings. The van der Waals surface area contributed by atoms with Gasteiger partial charge in [-0.05, 0) is 24.7 Å². The number of rotatable bonds is 6. The summed E-state index contributed by atoms with van der Waals surface area (Å²) in [5, 5.41) is 13.5. The summed E-state index contributed by atoms with van der Waals surface area (Å²) in [5.41, 5.74) is 0. The molecule has 4 unspecified atom stereocenters. The minimum Gasteiger partial charge on any atom is -0.392 e. The first-order valence-corrected chi connectivity index (χ1v) is 7.08. The molecule has 0 saturated heterocycles. The van der Waals surface area contributed by atoms with E-state index in [1.54, 1.807) is 0 Å². The highest BCUT2D eigenvalue weighted by Crippen LogP contribution is 2.26. The monoisotopic (exact) mass is 227 g/mol. The number of hydrogen-bond acceptors (Lipinski definition) is 2. The van der Waals surface area contributed by atoms with E-state index < -0.39 is 0 Å². The summed E-state index contributed by atoms with van der Waals surface area (Å²) in [7, 11) is 0. The molecule has 0 amide bonds. The van der Waals surface area contributed by atoms with E-state index in [-0.39, 0.29) is 6.10 Å². The van der Waals surface area contributed by atoms with Crippen LogP contribution in [-0.4, -0.2) is 23.8 Å². The lowest BCUT2D eigenvalue weighted by Crippen LogP contribution is -2.40.